The third kappa shape index (κ3) is 6.86. The smallest absolute Gasteiger partial charge is 0.361 e. The van der Waals surface area contributed by atoms with Crippen LogP contribution in [0.1, 0.15) is 91.9 Å². The molecule has 7 rings (SSSR count). The minimum atomic E-state index is -1.86. The Morgan fingerprint density at radius 1 is 0.930 bits per heavy atom. The third-order valence-electron chi connectivity index (χ3n) is 15.8. The number of esters is 1. The molecule has 3 saturated carbocycles. The number of carboxylic acids is 1. The lowest BCUT2D eigenvalue weighted by molar-refractivity contribution is -0.327. The largest absolute Gasteiger partial charge is 0.479 e. The predicted molar refractivity (Wildman–Crippen MR) is 199 cm³/mol. The van der Waals surface area contributed by atoms with E-state index < -0.39 is 96.6 Å². The number of carboxylic acid groups (broad SMARTS) is 1. The number of hydrogen-bond donors (Lipinski definition) is 8. The number of allylic oxidation sites excluding steroid dienone is 4. The van der Waals surface area contributed by atoms with Gasteiger partial charge >= 0.3 is 17.9 Å². The van der Waals surface area contributed by atoms with Crippen molar-refractivity contribution >= 4 is 11.9 Å². The van der Waals surface area contributed by atoms with Gasteiger partial charge in [-0.05, 0) is 86.4 Å². The molecule has 0 aromatic heterocycles. The van der Waals surface area contributed by atoms with Crippen LogP contribution < -0.4 is 0 Å². The molecule has 7 aliphatic rings. The van der Waals surface area contributed by atoms with E-state index in [1.807, 2.05) is 13.0 Å². The van der Waals surface area contributed by atoms with Gasteiger partial charge in [0.25, 0.3) is 0 Å². The summed E-state index contributed by atoms with van der Waals surface area (Å²) in [5, 5.41) is 82.5. The molecule has 15 nitrogen and oxygen atoms in total. The summed E-state index contributed by atoms with van der Waals surface area (Å²) >= 11 is 0. The third-order valence-corrected chi connectivity index (χ3v) is 15.8. The Morgan fingerprint density at radius 3 is 2.33 bits per heavy atom. The van der Waals surface area contributed by atoms with E-state index in [1.54, 1.807) is 0 Å². The van der Waals surface area contributed by atoms with E-state index in [1.165, 1.54) is 11.1 Å². The molecule has 0 aromatic carbocycles. The fourth-order valence-electron chi connectivity index (χ4n) is 12.4. The number of aliphatic hydroxyl groups excluding tert-OH is 7. The maximum absolute atomic E-state index is 13.3. The fourth-order valence-corrected chi connectivity index (χ4v) is 12.4. The molecule has 0 aromatic rings. The first-order valence-electron chi connectivity index (χ1n) is 20.6. The molecule has 3 heterocycles. The minimum absolute atomic E-state index is 0.0520. The molecule has 16 unspecified atom stereocenters. The van der Waals surface area contributed by atoms with Gasteiger partial charge in [-0.1, -0.05) is 63.6 Å². The highest BCUT2D eigenvalue weighted by Crippen LogP contribution is 2.72. The first-order valence-corrected chi connectivity index (χ1v) is 20.6. The number of epoxide rings is 1. The monoisotopic (exact) mass is 806 g/mol. The van der Waals surface area contributed by atoms with Crippen molar-refractivity contribution in [2.45, 2.75) is 159 Å². The highest BCUT2D eigenvalue weighted by Gasteiger charge is 2.72. The molecule has 15 heteroatoms. The average molecular weight is 807 g/mol. The molecule has 320 valence electrons. The van der Waals surface area contributed by atoms with Gasteiger partial charge in [0.15, 0.2) is 18.5 Å². The van der Waals surface area contributed by atoms with Crippen LogP contribution in [0.4, 0.5) is 0 Å². The molecule has 0 bridgehead atoms. The van der Waals surface area contributed by atoms with E-state index in [9.17, 15) is 50.4 Å². The molecular formula is C42H62O15. The number of carbonyl (C=O) groups excluding carboxylic acids is 1. The van der Waals surface area contributed by atoms with Gasteiger partial charge in [0.05, 0.1) is 25.7 Å². The van der Waals surface area contributed by atoms with Gasteiger partial charge in [0.1, 0.15) is 36.6 Å². The standard InChI is InChI=1S/C42H62O15/c1-21-8-6-9-22(18-21)23-11-12-26-38(2)16-14-27(53-37-33(50)30(47)31(48)34(54-37)36(51)52)39(3,20-44)25(38)13-17-41(26,5)40(23,4)15-7-10-28(45)56-42-35(57-42)32(49)29(46)24(19-43)55-42/h7,11,15,22,24-27,29-35,37,43-44,46-50H,1,6,8-10,12-14,16-20H2,2-5H3,(H,51,52)/b15-7-/t22?,24?,25?,26?,27?,29?,30?,31?,32?,33?,34?,35?,37?,38?,39-,40+,41?,42?/m0/s1. The second-order valence-corrected chi connectivity index (χ2v) is 18.8. The molecule has 6 fully saturated rings. The topological polar surface area (TPSA) is 245 Å². The van der Waals surface area contributed by atoms with Crippen LogP contribution in [0.3, 0.4) is 0 Å². The van der Waals surface area contributed by atoms with Crippen molar-refractivity contribution in [2.24, 2.45) is 39.4 Å². The lowest BCUT2D eigenvalue weighted by atomic mass is 9.36. The summed E-state index contributed by atoms with van der Waals surface area (Å²) in [6.45, 7) is 12.4. The van der Waals surface area contributed by atoms with Crippen molar-refractivity contribution in [3.8, 4) is 0 Å². The van der Waals surface area contributed by atoms with E-state index in [4.69, 9.17) is 23.7 Å². The lowest BCUT2D eigenvalue weighted by Gasteiger charge is -2.69. The molecule has 4 aliphatic carbocycles. The van der Waals surface area contributed by atoms with E-state index >= 15 is 0 Å². The van der Waals surface area contributed by atoms with E-state index in [0.717, 1.165) is 44.9 Å². The van der Waals surface area contributed by atoms with Crippen LogP contribution in [-0.4, -0.2) is 133 Å². The van der Waals surface area contributed by atoms with Crippen molar-refractivity contribution < 1.29 is 74.1 Å². The molecule has 18 atom stereocenters. The lowest BCUT2D eigenvalue weighted by Crippen LogP contribution is -2.66. The Hall–Kier alpha value is -2.28. The number of carbonyl (C=O) groups is 2. The second-order valence-electron chi connectivity index (χ2n) is 18.8. The Kier molecular flexibility index (Phi) is 11.5. The molecule has 3 aliphatic heterocycles. The molecule has 0 spiro atoms. The summed E-state index contributed by atoms with van der Waals surface area (Å²) < 4.78 is 28.4. The van der Waals surface area contributed by atoms with Crippen LogP contribution in [0, 0.1) is 39.4 Å². The Labute approximate surface area is 333 Å². The Bertz CT molecular complexity index is 1630. The van der Waals surface area contributed by atoms with Crippen LogP contribution in [-0.2, 0) is 33.3 Å². The normalized spacial score (nSPS) is 51.0. The van der Waals surface area contributed by atoms with E-state index in [0.29, 0.717) is 12.8 Å². The SMILES string of the molecule is C=C1CCCC(C2=CCC3C4(C)CCC(OC5OC(C(=O)O)C(O)C(O)C5O)[C@@](C)(CO)C4CCC3(C)[C@]2(C)/C=C\CC(=O)OC23OC(CO)C(O)C(O)C2O3)C1. The number of hydrogen-bond acceptors (Lipinski definition) is 14. The van der Waals surface area contributed by atoms with Crippen LogP contribution in [0.15, 0.2) is 36.0 Å². The highest BCUT2D eigenvalue weighted by atomic mass is 17.0. The number of rotatable bonds is 10. The number of fused-ring (bicyclic) bond motifs is 4. The summed E-state index contributed by atoms with van der Waals surface area (Å²) in [5.41, 5.74) is 0.625. The summed E-state index contributed by atoms with van der Waals surface area (Å²) in [5.74, 6) is -3.63. The first-order chi connectivity index (χ1) is 26.8. The maximum Gasteiger partial charge on any atom is 0.361 e. The summed E-state index contributed by atoms with van der Waals surface area (Å²) in [6, 6.07) is 0. The minimum Gasteiger partial charge on any atom is -0.479 e. The van der Waals surface area contributed by atoms with Gasteiger partial charge < -0.3 is 59.8 Å². The maximum atomic E-state index is 13.3. The zero-order valence-electron chi connectivity index (χ0n) is 33.4. The quantitative estimate of drug-likeness (QED) is 0.0680. The average Bonchev–Trinajstić information content (AvgIpc) is 3.88. The zero-order valence-corrected chi connectivity index (χ0v) is 33.4. The van der Waals surface area contributed by atoms with Gasteiger partial charge in [-0.2, -0.15) is 0 Å². The summed E-state index contributed by atoms with van der Waals surface area (Å²) in [6.07, 6.45) is -0.634. The summed E-state index contributed by atoms with van der Waals surface area (Å²) in [7, 11) is 0. The van der Waals surface area contributed by atoms with Crippen molar-refractivity contribution in [2.75, 3.05) is 13.2 Å². The van der Waals surface area contributed by atoms with Crippen molar-refractivity contribution in [3.63, 3.8) is 0 Å². The zero-order chi connectivity index (χ0) is 41.5. The molecule has 0 amide bonds. The van der Waals surface area contributed by atoms with Gasteiger partial charge in [0, 0.05) is 10.8 Å². The van der Waals surface area contributed by atoms with Crippen molar-refractivity contribution in [1.29, 1.82) is 0 Å². The number of ether oxygens (including phenoxy) is 5. The predicted octanol–water partition coefficient (Wildman–Crippen LogP) is 1.83. The number of aliphatic carboxylic acids is 1. The molecule has 57 heavy (non-hydrogen) atoms. The Balaban J connectivity index is 1.14. The first kappa shape index (κ1) is 42.8. The van der Waals surface area contributed by atoms with Gasteiger partial charge in [0.2, 0.25) is 0 Å². The van der Waals surface area contributed by atoms with E-state index in [2.05, 4.69) is 39.5 Å². The van der Waals surface area contributed by atoms with Gasteiger partial charge in [-0.15, -0.1) is 0 Å². The van der Waals surface area contributed by atoms with Crippen molar-refractivity contribution in [1.82, 2.24) is 0 Å². The molecule has 8 N–H and O–H groups in total. The Morgan fingerprint density at radius 2 is 1.67 bits per heavy atom. The molecule has 3 saturated heterocycles. The van der Waals surface area contributed by atoms with Gasteiger partial charge in [-0.3, -0.25) is 9.53 Å². The second kappa shape index (κ2) is 15.3. The van der Waals surface area contributed by atoms with E-state index in [-0.39, 0.29) is 41.6 Å². The van der Waals surface area contributed by atoms with Gasteiger partial charge in [-0.25, -0.2) is 4.79 Å². The van der Waals surface area contributed by atoms with Crippen LogP contribution >= 0.6 is 0 Å². The van der Waals surface area contributed by atoms with Crippen LogP contribution in [0.2, 0.25) is 0 Å². The highest BCUT2D eigenvalue weighted by molar-refractivity contribution is 5.73. The molecule has 0 radical (unpaired) electrons. The number of aliphatic hydroxyl groups is 7. The summed E-state index contributed by atoms with van der Waals surface area (Å²) in [4.78, 5) is 25.1. The fraction of sp³-hybridized carbons (Fsp3) is 0.810. The van der Waals surface area contributed by atoms with Crippen LogP contribution in [0.25, 0.3) is 0 Å². The van der Waals surface area contributed by atoms with Crippen LogP contribution in [0.5, 0.6) is 0 Å². The van der Waals surface area contributed by atoms with Crippen molar-refractivity contribution in [3.05, 3.63) is 36.0 Å². The molecular weight excluding hydrogens is 744 g/mol.